The van der Waals surface area contributed by atoms with Crippen LogP contribution in [-0.2, 0) is 11.0 Å². The van der Waals surface area contributed by atoms with E-state index in [-0.39, 0.29) is 30.9 Å². The summed E-state index contributed by atoms with van der Waals surface area (Å²) in [7, 11) is 0. The van der Waals surface area contributed by atoms with Gasteiger partial charge in [0.15, 0.2) is 5.82 Å². The molecule has 1 aromatic carbocycles. The van der Waals surface area contributed by atoms with Crippen LogP contribution in [0.3, 0.4) is 0 Å². The Kier molecular flexibility index (Phi) is 5.63. The van der Waals surface area contributed by atoms with E-state index >= 15 is 0 Å². The third-order valence-corrected chi connectivity index (χ3v) is 3.12. The third-order valence-electron chi connectivity index (χ3n) is 3.12. The largest absolute Gasteiger partial charge is 0.481 e. The zero-order valence-corrected chi connectivity index (χ0v) is 12.9. The van der Waals surface area contributed by atoms with Gasteiger partial charge >= 0.3 is 18.2 Å². The number of alkyl halides is 3. The lowest BCUT2D eigenvalue weighted by Crippen LogP contribution is -2.30. The van der Waals surface area contributed by atoms with Crippen LogP contribution in [0.25, 0.3) is 5.69 Å². The molecule has 1 heterocycles. The standard InChI is InChI=1S/C15H15F3N4O3/c16-15(17,18)10-3-1-4-11(9-10)22-8-6-12(21-22)20-14(25)19-7-2-5-13(23)24/h1,3-4,6,8-9H,2,5,7H2,(H,23,24)(H2,19,20,21,25). The van der Waals surface area contributed by atoms with Crippen molar-refractivity contribution in [2.75, 3.05) is 11.9 Å². The highest BCUT2D eigenvalue weighted by Crippen LogP contribution is 2.30. The SMILES string of the molecule is O=C(O)CCCNC(=O)Nc1ccn(-c2cccc(C(F)(F)F)c2)n1. The first-order valence-corrected chi connectivity index (χ1v) is 7.25. The highest BCUT2D eigenvalue weighted by molar-refractivity contribution is 5.88. The van der Waals surface area contributed by atoms with Crippen LogP contribution in [0.4, 0.5) is 23.8 Å². The first-order valence-electron chi connectivity index (χ1n) is 7.25. The van der Waals surface area contributed by atoms with Crippen molar-refractivity contribution >= 4 is 17.8 Å². The molecule has 10 heteroatoms. The Labute approximate surface area is 140 Å². The van der Waals surface area contributed by atoms with Gasteiger partial charge in [-0.2, -0.15) is 13.2 Å². The van der Waals surface area contributed by atoms with Crippen molar-refractivity contribution in [3.63, 3.8) is 0 Å². The average Bonchev–Trinajstić information content (AvgIpc) is 2.99. The molecule has 0 saturated carbocycles. The number of anilines is 1. The van der Waals surface area contributed by atoms with Crippen LogP contribution in [0.5, 0.6) is 0 Å². The van der Waals surface area contributed by atoms with Gasteiger partial charge in [0.25, 0.3) is 0 Å². The van der Waals surface area contributed by atoms with Gasteiger partial charge in [-0.25, -0.2) is 9.48 Å². The van der Waals surface area contributed by atoms with Crippen molar-refractivity contribution in [1.82, 2.24) is 15.1 Å². The van der Waals surface area contributed by atoms with Crippen LogP contribution in [0.15, 0.2) is 36.5 Å². The molecule has 25 heavy (non-hydrogen) atoms. The first kappa shape index (κ1) is 18.3. The average molecular weight is 356 g/mol. The number of aliphatic carboxylic acids is 1. The maximum absolute atomic E-state index is 12.7. The van der Waals surface area contributed by atoms with Crippen molar-refractivity contribution in [2.45, 2.75) is 19.0 Å². The maximum atomic E-state index is 12.7. The van der Waals surface area contributed by atoms with Gasteiger partial charge in [0.05, 0.1) is 11.3 Å². The summed E-state index contributed by atoms with van der Waals surface area (Å²) < 4.78 is 39.4. The van der Waals surface area contributed by atoms with E-state index in [1.54, 1.807) is 0 Å². The molecule has 134 valence electrons. The van der Waals surface area contributed by atoms with E-state index in [1.165, 1.54) is 29.1 Å². The molecule has 2 amide bonds. The lowest BCUT2D eigenvalue weighted by molar-refractivity contribution is -0.138. The number of nitrogens with zero attached hydrogens (tertiary/aromatic N) is 2. The Balaban J connectivity index is 1.96. The zero-order chi connectivity index (χ0) is 18.4. The number of carbonyl (C=O) groups excluding carboxylic acids is 1. The Morgan fingerprint density at radius 3 is 2.68 bits per heavy atom. The summed E-state index contributed by atoms with van der Waals surface area (Å²) in [6, 6.07) is 5.47. The number of carboxylic acids is 1. The van der Waals surface area contributed by atoms with Crippen molar-refractivity contribution < 1.29 is 27.9 Å². The van der Waals surface area contributed by atoms with E-state index in [0.717, 1.165) is 12.1 Å². The molecule has 3 N–H and O–H groups in total. The highest BCUT2D eigenvalue weighted by Gasteiger charge is 2.30. The van der Waals surface area contributed by atoms with Crippen molar-refractivity contribution in [1.29, 1.82) is 0 Å². The molecule has 0 spiro atoms. The van der Waals surface area contributed by atoms with Crippen LogP contribution < -0.4 is 10.6 Å². The van der Waals surface area contributed by atoms with E-state index in [9.17, 15) is 22.8 Å². The van der Waals surface area contributed by atoms with E-state index in [1.807, 2.05) is 0 Å². The molecule has 0 radical (unpaired) electrons. The van der Waals surface area contributed by atoms with Gasteiger partial charge in [0.2, 0.25) is 0 Å². The zero-order valence-electron chi connectivity index (χ0n) is 12.9. The number of carbonyl (C=O) groups is 2. The van der Waals surface area contributed by atoms with Crippen LogP contribution in [0, 0.1) is 0 Å². The number of urea groups is 1. The fourth-order valence-electron chi connectivity index (χ4n) is 1.96. The second-order valence-electron chi connectivity index (χ2n) is 5.07. The Morgan fingerprint density at radius 2 is 2.00 bits per heavy atom. The number of nitrogens with one attached hydrogen (secondary N) is 2. The molecule has 2 rings (SSSR count). The van der Waals surface area contributed by atoms with Gasteiger partial charge in [-0.15, -0.1) is 5.10 Å². The molecule has 0 aliphatic heterocycles. The maximum Gasteiger partial charge on any atom is 0.416 e. The molecule has 0 bridgehead atoms. The molecule has 0 fully saturated rings. The molecule has 0 aliphatic carbocycles. The first-order chi connectivity index (χ1) is 11.8. The summed E-state index contributed by atoms with van der Waals surface area (Å²) in [5, 5.41) is 17.3. The number of halogens is 3. The number of benzene rings is 1. The number of hydrogen-bond acceptors (Lipinski definition) is 3. The number of rotatable bonds is 6. The predicted octanol–water partition coefficient (Wildman–Crippen LogP) is 2.88. The molecule has 0 saturated heterocycles. The minimum atomic E-state index is -4.46. The Bertz CT molecular complexity index is 758. The van der Waals surface area contributed by atoms with Crippen LogP contribution in [-0.4, -0.2) is 33.4 Å². The summed E-state index contributed by atoms with van der Waals surface area (Å²) in [6.07, 6.45) is -2.83. The topological polar surface area (TPSA) is 96.3 Å². The monoisotopic (exact) mass is 356 g/mol. The third kappa shape index (κ3) is 5.52. The van der Waals surface area contributed by atoms with Crippen LogP contribution >= 0.6 is 0 Å². The van der Waals surface area contributed by atoms with E-state index in [2.05, 4.69) is 15.7 Å². The van der Waals surface area contributed by atoms with Gasteiger partial charge in [0.1, 0.15) is 0 Å². The summed E-state index contributed by atoms with van der Waals surface area (Å²) in [6.45, 7) is 0.173. The summed E-state index contributed by atoms with van der Waals surface area (Å²) in [5.74, 6) is -0.810. The second kappa shape index (κ2) is 7.69. The molecule has 1 aromatic heterocycles. The number of amides is 2. The lowest BCUT2D eigenvalue weighted by Gasteiger charge is -2.08. The lowest BCUT2D eigenvalue weighted by atomic mass is 10.2. The molecule has 0 aliphatic rings. The number of carboxylic acid groups (broad SMARTS) is 1. The molecule has 0 atom stereocenters. The van der Waals surface area contributed by atoms with E-state index in [0.29, 0.717) is 0 Å². The molecular weight excluding hydrogens is 341 g/mol. The fourth-order valence-corrected chi connectivity index (χ4v) is 1.96. The molecule has 7 nitrogen and oxygen atoms in total. The molecular formula is C15H15F3N4O3. The summed E-state index contributed by atoms with van der Waals surface area (Å²) >= 11 is 0. The quantitative estimate of drug-likeness (QED) is 0.694. The predicted molar refractivity (Wildman–Crippen MR) is 82.5 cm³/mol. The fraction of sp³-hybridized carbons (Fsp3) is 0.267. The van der Waals surface area contributed by atoms with Gasteiger partial charge in [-0.05, 0) is 24.6 Å². The van der Waals surface area contributed by atoms with Crippen molar-refractivity contribution in [3.8, 4) is 5.69 Å². The Hall–Kier alpha value is -3.04. The highest BCUT2D eigenvalue weighted by atomic mass is 19.4. The van der Waals surface area contributed by atoms with Crippen molar-refractivity contribution in [2.24, 2.45) is 0 Å². The normalized spacial score (nSPS) is 11.2. The van der Waals surface area contributed by atoms with E-state index in [4.69, 9.17) is 5.11 Å². The number of hydrogen-bond donors (Lipinski definition) is 3. The molecule has 0 unspecified atom stereocenters. The van der Waals surface area contributed by atoms with Crippen LogP contribution in [0.1, 0.15) is 18.4 Å². The minimum absolute atomic E-state index is 0.0650. The van der Waals surface area contributed by atoms with Crippen molar-refractivity contribution in [3.05, 3.63) is 42.1 Å². The number of aromatic nitrogens is 2. The van der Waals surface area contributed by atoms with Gasteiger partial charge in [-0.3, -0.25) is 10.1 Å². The summed E-state index contributed by atoms with van der Waals surface area (Å²) in [4.78, 5) is 22.0. The second-order valence-corrected chi connectivity index (χ2v) is 5.07. The summed E-state index contributed by atoms with van der Waals surface area (Å²) in [5.41, 5.74) is -0.601. The van der Waals surface area contributed by atoms with Gasteiger partial charge in [-0.1, -0.05) is 6.07 Å². The Morgan fingerprint density at radius 1 is 1.24 bits per heavy atom. The van der Waals surface area contributed by atoms with Crippen LogP contribution in [0.2, 0.25) is 0 Å². The molecule has 2 aromatic rings. The minimum Gasteiger partial charge on any atom is -0.481 e. The van der Waals surface area contributed by atoms with Gasteiger partial charge < -0.3 is 10.4 Å². The van der Waals surface area contributed by atoms with Gasteiger partial charge in [0, 0.05) is 25.2 Å². The smallest absolute Gasteiger partial charge is 0.416 e. The van der Waals surface area contributed by atoms with E-state index < -0.39 is 23.7 Å².